The Kier molecular flexibility index (Phi) is 4.24. The molecule has 0 saturated heterocycles. The normalized spacial score (nSPS) is 14.3. The fraction of sp³-hybridized carbons (Fsp3) is 0.455. The van der Waals surface area contributed by atoms with Crippen LogP contribution in [0.1, 0.15) is 25.5 Å². The molecular formula is C11H17N3O. The van der Waals surface area contributed by atoms with E-state index in [0.717, 1.165) is 5.56 Å². The van der Waals surface area contributed by atoms with Gasteiger partial charge in [0.05, 0.1) is 6.04 Å². The molecule has 0 aliphatic rings. The molecule has 0 saturated carbocycles. The van der Waals surface area contributed by atoms with Crippen LogP contribution in [0.25, 0.3) is 0 Å². The van der Waals surface area contributed by atoms with E-state index in [1.807, 2.05) is 26.0 Å². The van der Waals surface area contributed by atoms with E-state index in [4.69, 9.17) is 0 Å². The molecule has 15 heavy (non-hydrogen) atoms. The van der Waals surface area contributed by atoms with Crippen molar-refractivity contribution in [2.75, 3.05) is 7.05 Å². The Bertz CT molecular complexity index is 313. The van der Waals surface area contributed by atoms with Gasteiger partial charge >= 0.3 is 0 Å². The third kappa shape index (κ3) is 3.32. The smallest absolute Gasteiger partial charge is 0.236 e. The van der Waals surface area contributed by atoms with Gasteiger partial charge in [-0.3, -0.25) is 15.1 Å². The van der Waals surface area contributed by atoms with Crippen LogP contribution in [-0.2, 0) is 4.79 Å². The molecule has 4 nitrogen and oxygen atoms in total. The molecule has 4 heteroatoms. The topological polar surface area (TPSA) is 54.0 Å². The molecule has 1 heterocycles. The summed E-state index contributed by atoms with van der Waals surface area (Å²) in [5.41, 5.74) is 1.08. The fourth-order valence-electron chi connectivity index (χ4n) is 1.40. The monoisotopic (exact) mass is 207 g/mol. The summed E-state index contributed by atoms with van der Waals surface area (Å²) in [5, 5.41) is 5.80. The lowest BCUT2D eigenvalue weighted by Gasteiger charge is -2.18. The Morgan fingerprint density at radius 3 is 2.73 bits per heavy atom. The highest BCUT2D eigenvalue weighted by atomic mass is 16.2. The predicted octanol–water partition coefficient (Wildman–Crippen LogP) is 0.867. The summed E-state index contributed by atoms with van der Waals surface area (Å²) < 4.78 is 0. The van der Waals surface area contributed by atoms with Crippen molar-refractivity contribution >= 4 is 5.91 Å². The Morgan fingerprint density at radius 2 is 2.20 bits per heavy atom. The lowest BCUT2D eigenvalue weighted by atomic mass is 10.1. The summed E-state index contributed by atoms with van der Waals surface area (Å²) in [6, 6.07) is 3.79. The Morgan fingerprint density at radius 1 is 1.47 bits per heavy atom. The summed E-state index contributed by atoms with van der Waals surface area (Å²) in [7, 11) is 1.63. The average molecular weight is 207 g/mol. The minimum Gasteiger partial charge on any atom is -0.358 e. The highest BCUT2D eigenvalue weighted by Crippen LogP contribution is 2.10. The largest absolute Gasteiger partial charge is 0.358 e. The Balaban J connectivity index is 2.56. The fourth-order valence-corrected chi connectivity index (χ4v) is 1.40. The number of likely N-dealkylation sites (N-methyl/N-ethyl adjacent to an activating group) is 1. The molecular weight excluding hydrogens is 190 g/mol. The first-order valence-corrected chi connectivity index (χ1v) is 5.02. The first-order valence-electron chi connectivity index (χ1n) is 5.02. The third-order valence-electron chi connectivity index (χ3n) is 2.32. The highest BCUT2D eigenvalue weighted by molar-refractivity contribution is 5.80. The van der Waals surface area contributed by atoms with E-state index in [9.17, 15) is 4.79 Å². The number of rotatable bonds is 4. The quantitative estimate of drug-likeness (QED) is 0.770. The molecule has 0 radical (unpaired) electrons. The molecule has 0 aromatic carbocycles. The average Bonchev–Trinajstić information content (AvgIpc) is 2.29. The molecule has 1 aromatic heterocycles. The zero-order chi connectivity index (χ0) is 11.3. The van der Waals surface area contributed by atoms with Crippen LogP contribution in [0, 0.1) is 0 Å². The van der Waals surface area contributed by atoms with Crippen molar-refractivity contribution < 1.29 is 4.79 Å². The molecule has 0 fully saturated rings. The van der Waals surface area contributed by atoms with Gasteiger partial charge in [0.15, 0.2) is 0 Å². The number of amides is 1. The van der Waals surface area contributed by atoms with Crippen LogP contribution in [0.15, 0.2) is 24.5 Å². The molecule has 2 N–H and O–H groups in total. The van der Waals surface area contributed by atoms with Crippen LogP contribution in [0.3, 0.4) is 0 Å². The maximum absolute atomic E-state index is 11.3. The number of nitrogens with one attached hydrogen (secondary N) is 2. The van der Waals surface area contributed by atoms with Crippen molar-refractivity contribution in [3.8, 4) is 0 Å². The maximum Gasteiger partial charge on any atom is 0.236 e. The van der Waals surface area contributed by atoms with Crippen LogP contribution < -0.4 is 10.6 Å². The molecule has 1 aromatic rings. The van der Waals surface area contributed by atoms with E-state index in [0.29, 0.717) is 0 Å². The van der Waals surface area contributed by atoms with Gasteiger partial charge < -0.3 is 5.32 Å². The van der Waals surface area contributed by atoms with E-state index in [-0.39, 0.29) is 18.0 Å². The van der Waals surface area contributed by atoms with Crippen LogP contribution in [0.4, 0.5) is 0 Å². The lowest BCUT2D eigenvalue weighted by molar-refractivity contribution is -0.122. The first kappa shape index (κ1) is 11.7. The number of pyridine rings is 1. The van der Waals surface area contributed by atoms with Crippen molar-refractivity contribution in [1.82, 2.24) is 15.6 Å². The predicted molar refractivity (Wildman–Crippen MR) is 59.3 cm³/mol. The van der Waals surface area contributed by atoms with Crippen LogP contribution >= 0.6 is 0 Å². The van der Waals surface area contributed by atoms with Crippen molar-refractivity contribution in [3.63, 3.8) is 0 Å². The third-order valence-corrected chi connectivity index (χ3v) is 2.32. The molecule has 0 bridgehead atoms. The molecule has 2 atom stereocenters. The van der Waals surface area contributed by atoms with Crippen molar-refractivity contribution in [3.05, 3.63) is 30.1 Å². The lowest BCUT2D eigenvalue weighted by Crippen LogP contribution is -2.41. The maximum atomic E-state index is 11.3. The van der Waals surface area contributed by atoms with Gasteiger partial charge in [0, 0.05) is 25.5 Å². The van der Waals surface area contributed by atoms with Crippen LogP contribution in [-0.4, -0.2) is 24.0 Å². The zero-order valence-corrected chi connectivity index (χ0v) is 9.32. The number of carbonyl (C=O) groups excluding carboxylic acids is 1. The number of hydrogen-bond donors (Lipinski definition) is 2. The van der Waals surface area contributed by atoms with Crippen molar-refractivity contribution in [1.29, 1.82) is 0 Å². The van der Waals surface area contributed by atoms with E-state index in [1.54, 1.807) is 19.4 Å². The highest BCUT2D eigenvalue weighted by Gasteiger charge is 2.14. The SMILES string of the molecule is CNC(=O)C(C)N[C@@H](C)c1cccnc1. The van der Waals surface area contributed by atoms with E-state index in [1.165, 1.54) is 0 Å². The van der Waals surface area contributed by atoms with Crippen molar-refractivity contribution in [2.45, 2.75) is 25.9 Å². The molecule has 1 rings (SSSR count). The molecule has 0 spiro atoms. The van der Waals surface area contributed by atoms with E-state index >= 15 is 0 Å². The summed E-state index contributed by atoms with van der Waals surface area (Å²) in [5.74, 6) is -0.00857. The van der Waals surface area contributed by atoms with Gasteiger partial charge in [0.1, 0.15) is 0 Å². The second-order valence-corrected chi connectivity index (χ2v) is 3.51. The standard InChI is InChI=1S/C11H17N3O/c1-8(10-5-4-6-13-7-10)14-9(2)11(15)12-3/h4-9,14H,1-3H3,(H,12,15)/t8-,9?/m0/s1. The Hall–Kier alpha value is -1.42. The minimum absolute atomic E-state index is 0.00857. The summed E-state index contributed by atoms with van der Waals surface area (Å²) in [6.07, 6.45) is 3.53. The van der Waals surface area contributed by atoms with E-state index in [2.05, 4.69) is 15.6 Å². The van der Waals surface area contributed by atoms with Crippen LogP contribution in [0.5, 0.6) is 0 Å². The van der Waals surface area contributed by atoms with Gasteiger partial charge in [-0.2, -0.15) is 0 Å². The van der Waals surface area contributed by atoms with Gasteiger partial charge in [-0.05, 0) is 25.5 Å². The molecule has 1 amide bonds. The van der Waals surface area contributed by atoms with Gasteiger partial charge in [-0.25, -0.2) is 0 Å². The van der Waals surface area contributed by atoms with Crippen molar-refractivity contribution in [2.24, 2.45) is 0 Å². The number of nitrogens with zero attached hydrogens (tertiary/aromatic N) is 1. The minimum atomic E-state index is -0.204. The molecule has 0 aliphatic carbocycles. The van der Waals surface area contributed by atoms with Gasteiger partial charge in [0.25, 0.3) is 0 Å². The van der Waals surface area contributed by atoms with Gasteiger partial charge in [-0.15, -0.1) is 0 Å². The summed E-state index contributed by atoms with van der Waals surface area (Å²) in [4.78, 5) is 15.3. The van der Waals surface area contributed by atoms with Crippen LogP contribution in [0.2, 0.25) is 0 Å². The number of carbonyl (C=O) groups is 1. The molecule has 1 unspecified atom stereocenters. The number of hydrogen-bond acceptors (Lipinski definition) is 3. The molecule has 82 valence electrons. The zero-order valence-electron chi connectivity index (χ0n) is 9.32. The first-order chi connectivity index (χ1) is 7.15. The molecule has 0 aliphatic heterocycles. The summed E-state index contributed by atoms with van der Waals surface area (Å²) in [6.45, 7) is 3.85. The Labute approximate surface area is 90.1 Å². The second-order valence-electron chi connectivity index (χ2n) is 3.51. The second kappa shape index (κ2) is 5.46. The van der Waals surface area contributed by atoms with Gasteiger partial charge in [0.2, 0.25) is 5.91 Å². The number of aromatic nitrogens is 1. The van der Waals surface area contributed by atoms with Gasteiger partial charge in [-0.1, -0.05) is 6.07 Å². The van der Waals surface area contributed by atoms with E-state index < -0.39 is 0 Å². The summed E-state index contributed by atoms with van der Waals surface area (Å²) >= 11 is 0.